The van der Waals surface area contributed by atoms with E-state index in [9.17, 15) is 34.0 Å². The molecule has 0 saturated carbocycles. The van der Waals surface area contributed by atoms with E-state index in [0.717, 1.165) is 12.1 Å². The van der Waals surface area contributed by atoms with Crippen molar-refractivity contribution in [1.29, 1.82) is 0 Å². The molecule has 1 N–H and O–H groups in total. The number of sulfone groups is 2. The Labute approximate surface area is 236 Å². The third-order valence-electron chi connectivity index (χ3n) is 6.48. The summed E-state index contributed by atoms with van der Waals surface area (Å²) in [6.45, 7) is 3.42. The minimum absolute atomic E-state index is 0.0334. The summed E-state index contributed by atoms with van der Waals surface area (Å²) < 4.78 is 113. The molecule has 4 aromatic carbocycles. The maximum atomic E-state index is 14.7. The summed E-state index contributed by atoms with van der Waals surface area (Å²) in [4.78, 5) is -1.27. The summed E-state index contributed by atoms with van der Waals surface area (Å²) in [5.41, 5.74) is 0.00376. The summed E-state index contributed by atoms with van der Waals surface area (Å²) in [5, 5.41) is 0. The molecule has 0 bridgehead atoms. The lowest BCUT2D eigenvalue weighted by Crippen LogP contribution is -2.37. The Morgan fingerprint density at radius 2 is 1.17 bits per heavy atom. The van der Waals surface area contributed by atoms with Gasteiger partial charge in [0.15, 0.2) is 0 Å². The van der Waals surface area contributed by atoms with Crippen LogP contribution >= 0.6 is 0 Å². The summed E-state index contributed by atoms with van der Waals surface area (Å²) >= 11 is 0. The van der Waals surface area contributed by atoms with Gasteiger partial charge in [-0.1, -0.05) is 68.4 Å². The second-order valence-electron chi connectivity index (χ2n) is 9.48. The lowest BCUT2D eigenvalue weighted by atomic mass is 9.78. The maximum absolute atomic E-state index is 14.7. The van der Waals surface area contributed by atoms with Gasteiger partial charge in [0.2, 0.25) is 9.84 Å². The van der Waals surface area contributed by atoms with Gasteiger partial charge in [0.1, 0.15) is 16.4 Å². The van der Waals surface area contributed by atoms with E-state index in [1.54, 1.807) is 62.4 Å². The van der Waals surface area contributed by atoms with E-state index in [1.807, 2.05) is 0 Å². The van der Waals surface area contributed by atoms with E-state index in [4.69, 9.17) is 9.29 Å². The van der Waals surface area contributed by atoms with Crippen LogP contribution in [-0.4, -0.2) is 34.4 Å². The summed E-state index contributed by atoms with van der Waals surface area (Å²) in [6, 6.07) is 24.4. The quantitative estimate of drug-likeness (QED) is 0.230. The number of rotatable bonds is 9. The highest BCUT2D eigenvalue weighted by Crippen LogP contribution is 2.42. The van der Waals surface area contributed by atoms with Crippen molar-refractivity contribution in [2.45, 2.75) is 38.5 Å². The third-order valence-corrected chi connectivity index (χ3v) is 11.7. The standard InChI is InChI=1S/C28H24F2O8S3/c1-27(2,20-9-5-3-6-10-20)21-13-18-25(26(19-21)40(33,34)28(29,30)41(35,36)37)38-22-14-16-24(17-15-22)39(31,32)23-11-7-4-8-12-23/h3-19H,1-2H3,(H,35,36,37). The van der Waals surface area contributed by atoms with Crippen molar-refractivity contribution in [2.75, 3.05) is 0 Å². The molecule has 0 unspecified atom stereocenters. The predicted molar refractivity (Wildman–Crippen MR) is 147 cm³/mol. The SMILES string of the molecule is CC(C)(c1ccccc1)c1ccc(Oc2ccc(S(=O)(=O)c3ccccc3)cc2)c(S(=O)(=O)C(F)(F)S(=O)(=O)O)c1. The van der Waals surface area contributed by atoms with Crippen LogP contribution in [0.5, 0.6) is 11.5 Å². The zero-order chi connectivity index (χ0) is 30.3. The van der Waals surface area contributed by atoms with Gasteiger partial charge in [-0.15, -0.1) is 0 Å². The molecular weight excluding hydrogens is 598 g/mol. The molecule has 0 atom stereocenters. The van der Waals surface area contributed by atoms with Gasteiger partial charge in [0.05, 0.1) is 9.79 Å². The smallest absolute Gasteiger partial charge is 0.456 e. The van der Waals surface area contributed by atoms with Gasteiger partial charge in [-0.05, 0) is 59.7 Å². The predicted octanol–water partition coefficient (Wildman–Crippen LogP) is 5.85. The number of hydrogen-bond donors (Lipinski definition) is 1. The van der Waals surface area contributed by atoms with Gasteiger partial charge in [-0.2, -0.15) is 17.2 Å². The molecule has 8 nitrogen and oxygen atoms in total. The van der Waals surface area contributed by atoms with Gasteiger partial charge in [-0.25, -0.2) is 16.8 Å². The van der Waals surface area contributed by atoms with Gasteiger partial charge >= 0.3 is 14.7 Å². The van der Waals surface area contributed by atoms with Crippen LogP contribution in [0.1, 0.15) is 25.0 Å². The minimum atomic E-state index is -6.39. The first-order chi connectivity index (χ1) is 19.0. The fourth-order valence-corrected chi connectivity index (χ4v) is 7.60. The highest BCUT2D eigenvalue weighted by atomic mass is 32.3. The molecule has 13 heteroatoms. The number of hydrogen-bond acceptors (Lipinski definition) is 7. The first-order valence-electron chi connectivity index (χ1n) is 11.9. The van der Waals surface area contributed by atoms with Crippen LogP contribution in [0.2, 0.25) is 0 Å². The van der Waals surface area contributed by atoms with Crippen molar-refractivity contribution in [2.24, 2.45) is 0 Å². The van der Waals surface area contributed by atoms with Crippen LogP contribution < -0.4 is 4.74 Å². The second-order valence-corrected chi connectivity index (χ2v) is 15.1. The highest BCUT2D eigenvalue weighted by Gasteiger charge is 2.59. The largest absolute Gasteiger partial charge is 0.474 e. The van der Waals surface area contributed by atoms with Gasteiger partial charge in [-0.3, -0.25) is 4.55 Å². The average Bonchev–Trinajstić information content (AvgIpc) is 2.93. The first-order valence-corrected chi connectivity index (χ1v) is 16.3. The summed E-state index contributed by atoms with van der Waals surface area (Å²) in [5.74, 6) is -0.793. The Morgan fingerprint density at radius 1 is 0.659 bits per heavy atom. The van der Waals surface area contributed by atoms with Crippen molar-refractivity contribution in [3.8, 4) is 11.5 Å². The zero-order valence-electron chi connectivity index (χ0n) is 21.6. The molecule has 216 valence electrons. The van der Waals surface area contributed by atoms with Crippen LogP contribution in [0.3, 0.4) is 0 Å². The highest BCUT2D eigenvalue weighted by molar-refractivity contribution is 8.07. The minimum Gasteiger partial charge on any atom is -0.456 e. The Morgan fingerprint density at radius 3 is 1.71 bits per heavy atom. The molecule has 0 amide bonds. The monoisotopic (exact) mass is 622 g/mol. The Balaban J connectivity index is 1.81. The molecule has 0 radical (unpaired) electrons. The average molecular weight is 623 g/mol. The van der Waals surface area contributed by atoms with Gasteiger partial charge < -0.3 is 4.74 Å². The van der Waals surface area contributed by atoms with E-state index >= 15 is 0 Å². The molecule has 0 spiro atoms. The van der Waals surface area contributed by atoms with E-state index in [1.165, 1.54) is 42.5 Å². The molecule has 0 aliphatic carbocycles. The zero-order valence-corrected chi connectivity index (χ0v) is 24.1. The molecule has 0 heterocycles. The first kappa shape index (κ1) is 30.3. The molecule has 41 heavy (non-hydrogen) atoms. The van der Waals surface area contributed by atoms with Crippen molar-refractivity contribution in [3.05, 3.63) is 114 Å². The topological polar surface area (TPSA) is 132 Å². The van der Waals surface area contributed by atoms with Gasteiger partial charge in [0, 0.05) is 5.41 Å². The lowest BCUT2D eigenvalue weighted by molar-refractivity contribution is 0.166. The number of ether oxygens (including phenoxy) is 1. The van der Waals surface area contributed by atoms with Gasteiger partial charge in [0.25, 0.3) is 9.84 Å². The Bertz CT molecular complexity index is 1890. The lowest BCUT2D eigenvalue weighted by Gasteiger charge is -2.27. The molecule has 0 saturated heterocycles. The maximum Gasteiger partial charge on any atom is 0.474 e. The van der Waals surface area contributed by atoms with Crippen molar-refractivity contribution in [1.82, 2.24) is 0 Å². The third kappa shape index (κ3) is 5.62. The molecule has 0 aliphatic rings. The Hall–Kier alpha value is -3.65. The second kappa shape index (κ2) is 10.6. The molecule has 0 fully saturated rings. The van der Waals surface area contributed by atoms with Crippen LogP contribution in [-0.2, 0) is 35.2 Å². The van der Waals surface area contributed by atoms with Crippen LogP contribution in [0.15, 0.2) is 118 Å². The van der Waals surface area contributed by atoms with E-state index < -0.39 is 50.4 Å². The number of benzene rings is 4. The summed E-state index contributed by atoms with van der Waals surface area (Å²) in [7, 11) is -16.4. The molecule has 0 aromatic heterocycles. The van der Waals surface area contributed by atoms with E-state index in [-0.39, 0.29) is 21.1 Å². The van der Waals surface area contributed by atoms with Crippen molar-refractivity contribution >= 4 is 29.8 Å². The number of alkyl halides is 2. The van der Waals surface area contributed by atoms with Crippen LogP contribution in [0.25, 0.3) is 0 Å². The molecule has 0 aliphatic heterocycles. The van der Waals surface area contributed by atoms with E-state index in [0.29, 0.717) is 5.56 Å². The molecule has 4 rings (SSSR count). The van der Waals surface area contributed by atoms with Crippen LogP contribution in [0, 0.1) is 0 Å². The Kier molecular flexibility index (Phi) is 7.86. The normalized spacial score (nSPS) is 13.1. The van der Waals surface area contributed by atoms with Crippen molar-refractivity contribution < 1.29 is 43.3 Å². The summed E-state index contributed by atoms with van der Waals surface area (Å²) in [6.07, 6.45) is 0. The molecule has 4 aromatic rings. The van der Waals surface area contributed by atoms with Crippen LogP contribution in [0.4, 0.5) is 8.78 Å². The van der Waals surface area contributed by atoms with Crippen molar-refractivity contribution in [3.63, 3.8) is 0 Å². The fourth-order valence-electron chi connectivity index (χ4n) is 4.03. The van der Waals surface area contributed by atoms with E-state index in [2.05, 4.69) is 0 Å². The fraction of sp³-hybridized carbons (Fsp3) is 0.143. The number of halogens is 2. The molecular formula is C28H24F2O8S3.